The first-order valence-electron chi connectivity index (χ1n) is 5.94. The maximum absolute atomic E-state index is 11.6. The van der Waals surface area contributed by atoms with Crippen molar-refractivity contribution in [2.24, 2.45) is 0 Å². The molecule has 0 unspecified atom stereocenters. The van der Waals surface area contributed by atoms with Gasteiger partial charge in [-0.25, -0.2) is 4.79 Å². The number of carbonyl (C=O) groups is 2. The Morgan fingerprint density at radius 2 is 1.95 bits per heavy atom. The molecule has 0 spiro atoms. The van der Waals surface area contributed by atoms with Crippen LogP contribution in [0.25, 0.3) is 0 Å². The van der Waals surface area contributed by atoms with Gasteiger partial charge in [0.05, 0.1) is 6.42 Å². The summed E-state index contributed by atoms with van der Waals surface area (Å²) < 4.78 is 0. The molecule has 0 heterocycles. The molecule has 104 valence electrons. The van der Waals surface area contributed by atoms with Gasteiger partial charge in [0.2, 0.25) is 0 Å². The first-order chi connectivity index (χ1) is 8.99. The van der Waals surface area contributed by atoms with E-state index >= 15 is 0 Å². The first kappa shape index (κ1) is 15.3. The molecule has 6 heteroatoms. The second kappa shape index (κ2) is 7.63. The predicted molar refractivity (Wildman–Crippen MR) is 73.4 cm³/mol. The zero-order chi connectivity index (χ0) is 14.3. The van der Waals surface area contributed by atoms with Gasteiger partial charge in [-0.15, -0.1) is 0 Å². The molecule has 0 radical (unpaired) electrons. The number of nitrogens with one attached hydrogen (secondary N) is 1. The Kier molecular flexibility index (Phi) is 6.15. The highest BCUT2D eigenvalue weighted by Gasteiger charge is 2.09. The van der Waals surface area contributed by atoms with Gasteiger partial charge in [-0.3, -0.25) is 4.79 Å². The van der Waals surface area contributed by atoms with Gasteiger partial charge in [-0.2, -0.15) is 0 Å². The van der Waals surface area contributed by atoms with E-state index in [1.807, 2.05) is 12.1 Å². The number of carboxylic acid groups (broad SMARTS) is 1. The van der Waals surface area contributed by atoms with E-state index in [9.17, 15) is 9.59 Å². The Hall–Kier alpha value is -1.75. The van der Waals surface area contributed by atoms with E-state index in [1.165, 1.54) is 4.90 Å². The summed E-state index contributed by atoms with van der Waals surface area (Å²) in [4.78, 5) is 23.3. The lowest BCUT2D eigenvalue weighted by atomic mass is 10.1. The second-order valence-electron chi connectivity index (χ2n) is 4.17. The predicted octanol–water partition coefficient (Wildman–Crippen LogP) is 2.00. The summed E-state index contributed by atoms with van der Waals surface area (Å²) in [6, 6.07) is 7.15. The highest BCUT2D eigenvalue weighted by molar-refractivity contribution is 6.30. The van der Waals surface area contributed by atoms with Gasteiger partial charge in [0.1, 0.15) is 0 Å². The fourth-order valence-corrected chi connectivity index (χ4v) is 1.59. The van der Waals surface area contributed by atoms with Crippen molar-refractivity contribution in [3.63, 3.8) is 0 Å². The zero-order valence-corrected chi connectivity index (χ0v) is 11.5. The van der Waals surface area contributed by atoms with Crippen molar-refractivity contribution < 1.29 is 14.7 Å². The smallest absolute Gasteiger partial charge is 0.317 e. The molecule has 0 fully saturated rings. The van der Waals surface area contributed by atoms with E-state index < -0.39 is 5.97 Å². The van der Waals surface area contributed by atoms with Crippen molar-refractivity contribution in [2.45, 2.75) is 12.8 Å². The minimum atomic E-state index is -0.916. The van der Waals surface area contributed by atoms with Crippen LogP contribution in [-0.4, -0.2) is 42.1 Å². The number of carbonyl (C=O) groups excluding carboxylic acids is 1. The lowest BCUT2D eigenvalue weighted by molar-refractivity contribution is -0.137. The van der Waals surface area contributed by atoms with Crippen LogP contribution in [0.1, 0.15) is 12.0 Å². The third kappa shape index (κ3) is 6.10. The van der Waals surface area contributed by atoms with Crippen molar-refractivity contribution in [3.05, 3.63) is 34.9 Å². The Balaban J connectivity index is 2.26. The quantitative estimate of drug-likeness (QED) is 0.839. The molecule has 0 aliphatic heterocycles. The van der Waals surface area contributed by atoms with Crippen LogP contribution in [0.5, 0.6) is 0 Å². The van der Waals surface area contributed by atoms with Crippen molar-refractivity contribution in [1.29, 1.82) is 0 Å². The maximum atomic E-state index is 11.6. The molecule has 0 aliphatic rings. The third-order valence-electron chi connectivity index (χ3n) is 2.61. The number of rotatable bonds is 6. The van der Waals surface area contributed by atoms with Crippen LogP contribution in [0.2, 0.25) is 5.02 Å². The van der Waals surface area contributed by atoms with Crippen molar-refractivity contribution in [3.8, 4) is 0 Å². The standard InChI is InChI=1S/C13H17ClN2O3/c1-16(9-7-12(17)18)13(19)15-8-6-10-2-4-11(14)5-3-10/h2-5H,6-9H2,1H3,(H,15,19)(H,17,18). The number of nitrogens with zero attached hydrogens (tertiary/aromatic N) is 1. The molecule has 1 aromatic carbocycles. The molecule has 2 N–H and O–H groups in total. The van der Waals surface area contributed by atoms with Crippen molar-refractivity contribution in [1.82, 2.24) is 10.2 Å². The SMILES string of the molecule is CN(CCC(=O)O)C(=O)NCCc1ccc(Cl)cc1. The molecule has 0 bridgehead atoms. The van der Waals surface area contributed by atoms with Crippen molar-refractivity contribution in [2.75, 3.05) is 20.1 Å². The van der Waals surface area contributed by atoms with E-state index in [1.54, 1.807) is 19.2 Å². The largest absolute Gasteiger partial charge is 0.481 e. The summed E-state index contributed by atoms with van der Waals surface area (Å²) in [5.41, 5.74) is 1.08. The van der Waals surface area contributed by atoms with Gasteiger partial charge in [0.15, 0.2) is 0 Å². The molecule has 1 aromatic rings. The minimum absolute atomic E-state index is 0.0545. The molecule has 5 nitrogen and oxygen atoms in total. The molecular weight excluding hydrogens is 268 g/mol. The summed E-state index contributed by atoms with van der Waals surface area (Å²) >= 11 is 5.77. The summed E-state index contributed by atoms with van der Waals surface area (Å²) in [5.74, 6) is -0.916. The fraction of sp³-hybridized carbons (Fsp3) is 0.385. The van der Waals surface area contributed by atoms with Gasteiger partial charge < -0.3 is 15.3 Å². The van der Waals surface area contributed by atoms with Crippen LogP contribution in [-0.2, 0) is 11.2 Å². The number of hydrogen-bond acceptors (Lipinski definition) is 2. The average Bonchev–Trinajstić information content (AvgIpc) is 2.38. The van der Waals surface area contributed by atoms with Crippen LogP contribution in [0.15, 0.2) is 24.3 Å². The Morgan fingerprint density at radius 3 is 2.53 bits per heavy atom. The number of urea groups is 1. The Morgan fingerprint density at radius 1 is 1.32 bits per heavy atom. The molecule has 2 amide bonds. The third-order valence-corrected chi connectivity index (χ3v) is 2.86. The molecule has 0 aliphatic carbocycles. The summed E-state index contributed by atoms with van der Waals surface area (Å²) in [5, 5.41) is 11.9. The molecule has 1 rings (SSSR count). The molecular formula is C13H17ClN2O3. The van der Waals surface area contributed by atoms with Gasteiger partial charge >= 0.3 is 12.0 Å². The Labute approximate surface area is 117 Å². The van der Waals surface area contributed by atoms with Gasteiger partial charge in [-0.05, 0) is 24.1 Å². The van der Waals surface area contributed by atoms with Gasteiger partial charge in [0, 0.05) is 25.2 Å². The fourth-order valence-electron chi connectivity index (χ4n) is 1.46. The lowest BCUT2D eigenvalue weighted by Crippen LogP contribution is -2.39. The summed E-state index contributed by atoms with van der Waals surface area (Å²) in [6.45, 7) is 0.694. The van der Waals surface area contributed by atoms with Crippen LogP contribution >= 0.6 is 11.6 Å². The maximum Gasteiger partial charge on any atom is 0.317 e. The lowest BCUT2D eigenvalue weighted by Gasteiger charge is -2.16. The first-order valence-corrected chi connectivity index (χ1v) is 6.32. The van der Waals surface area contributed by atoms with Crippen LogP contribution < -0.4 is 5.32 Å². The normalized spacial score (nSPS) is 10.0. The zero-order valence-electron chi connectivity index (χ0n) is 10.7. The van der Waals surface area contributed by atoms with E-state index in [2.05, 4.69) is 5.32 Å². The Bertz CT molecular complexity index is 434. The summed E-state index contributed by atoms with van der Waals surface area (Å²) in [6.07, 6.45) is 0.650. The molecule has 0 aromatic heterocycles. The highest BCUT2D eigenvalue weighted by Crippen LogP contribution is 2.09. The van der Waals surface area contributed by atoms with E-state index in [0.29, 0.717) is 18.0 Å². The van der Waals surface area contributed by atoms with Crippen LogP contribution in [0, 0.1) is 0 Å². The van der Waals surface area contributed by atoms with E-state index in [4.69, 9.17) is 16.7 Å². The monoisotopic (exact) mass is 284 g/mol. The molecule has 19 heavy (non-hydrogen) atoms. The number of carboxylic acids is 1. The summed E-state index contributed by atoms with van der Waals surface area (Å²) in [7, 11) is 1.57. The van der Waals surface area contributed by atoms with Gasteiger partial charge in [0.25, 0.3) is 0 Å². The van der Waals surface area contributed by atoms with Crippen molar-refractivity contribution >= 4 is 23.6 Å². The van der Waals surface area contributed by atoms with E-state index in [-0.39, 0.29) is 19.0 Å². The molecule has 0 atom stereocenters. The van der Waals surface area contributed by atoms with Crippen LogP contribution in [0.3, 0.4) is 0 Å². The number of halogens is 1. The second-order valence-corrected chi connectivity index (χ2v) is 4.61. The van der Waals surface area contributed by atoms with E-state index in [0.717, 1.165) is 5.56 Å². The number of hydrogen-bond donors (Lipinski definition) is 2. The molecule has 0 saturated carbocycles. The molecule has 0 saturated heterocycles. The topological polar surface area (TPSA) is 69.6 Å². The minimum Gasteiger partial charge on any atom is -0.481 e. The number of amides is 2. The average molecular weight is 285 g/mol. The van der Waals surface area contributed by atoms with Gasteiger partial charge in [-0.1, -0.05) is 23.7 Å². The highest BCUT2D eigenvalue weighted by atomic mass is 35.5. The number of benzene rings is 1. The van der Waals surface area contributed by atoms with Crippen LogP contribution in [0.4, 0.5) is 4.79 Å². The number of aliphatic carboxylic acids is 1.